The minimum absolute atomic E-state index is 0.556. The quantitative estimate of drug-likeness (QED) is 0.694. The van der Waals surface area contributed by atoms with Crippen molar-refractivity contribution < 1.29 is 4.74 Å². The van der Waals surface area contributed by atoms with Crippen LogP contribution in [0.2, 0.25) is 0 Å². The molecule has 13 heavy (non-hydrogen) atoms. The van der Waals surface area contributed by atoms with Crippen LogP contribution in [0.4, 0.5) is 0 Å². The second-order valence-corrected chi connectivity index (χ2v) is 2.74. The van der Waals surface area contributed by atoms with Gasteiger partial charge < -0.3 is 10.1 Å². The second kappa shape index (κ2) is 5.38. The number of hydrogen-bond donors (Lipinski definition) is 1. The Kier molecular flexibility index (Phi) is 4.06. The van der Waals surface area contributed by atoms with Crippen molar-refractivity contribution >= 4 is 0 Å². The predicted molar refractivity (Wildman–Crippen MR) is 54.9 cm³/mol. The Morgan fingerprint density at radius 2 is 2.23 bits per heavy atom. The summed E-state index contributed by atoms with van der Waals surface area (Å²) in [6.07, 6.45) is 1.75. The normalized spacial score (nSPS) is 9.62. The van der Waals surface area contributed by atoms with Crippen LogP contribution in [0.3, 0.4) is 0 Å². The Morgan fingerprint density at radius 1 is 1.46 bits per heavy atom. The van der Waals surface area contributed by atoms with Gasteiger partial charge in [-0.05, 0) is 13.1 Å². The van der Waals surface area contributed by atoms with Crippen LogP contribution >= 0.6 is 0 Å². The number of benzene rings is 1. The molecule has 1 aromatic carbocycles. The van der Waals surface area contributed by atoms with E-state index in [1.165, 1.54) is 5.56 Å². The molecule has 0 spiro atoms. The van der Waals surface area contributed by atoms with Gasteiger partial charge in [0.15, 0.2) is 0 Å². The van der Waals surface area contributed by atoms with E-state index in [-0.39, 0.29) is 0 Å². The van der Waals surface area contributed by atoms with Crippen molar-refractivity contribution in [3.63, 3.8) is 0 Å². The van der Waals surface area contributed by atoms with Crippen molar-refractivity contribution in [1.82, 2.24) is 5.32 Å². The fourth-order valence-corrected chi connectivity index (χ4v) is 1.13. The van der Waals surface area contributed by atoms with Crippen LogP contribution in [0.25, 0.3) is 0 Å². The van der Waals surface area contributed by atoms with E-state index >= 15 is 0 Å². The summed E-state index contributed by atoms with van der Waals surface area (Å²) in [5.41, 5.74) is 1.17. The Bertz CT molecular complexity index is 271. The van der Waals surface area contributed by atoms with Crippen LogP contribution in [-0.2, 0) is 6.54 Å². The smallest absolute Gasteiger partial charge is 0.124 e. The molecule has 0 aliphatic rings. The minimum atomic E-state index is 0.556. The molecule has 1 aromatic rings. The highest BCUT2D eigenvalue weighted by Crippen LogP contribution is 2.17. The van der Waals surface area contributed by atoms with E-state index in [1.54, 1.807) is 6.08 Å². The monoisotopic (exact) mass is 177 g/mol. The van der Waals surface area contributed by atoms with E-state index in [4.69, 9.17) is 4.74 Å². The summed E-state index contributed by atoms with van der Waals surface area (Å²) in [6, 6.07) is 8.00. The van der Waals surface area contributed by atoms with Gasteiger partial charge in [-0.25, -0.2) is 0 Å². The summed E-state index contributed by atoms with van der Waals surface area (Å²) >= 11 is 0. The van der Waals surface area contributed by atoms with Gasteiger partial charge in [0.05, 0.1) is 0 Å². The molecule has 1 rings (SSSR count). The average Bonchev–Trinajstić information content (AvgIpc) is 2.17. The van der Waals surface area contributed by atoms with E-state index in [0.717, 1.165) is 12.3 Å². The van der Waals surface area contributed by atoms with Crippen molar-refractivity contribution in [3.05, 3.63) is 42.5 Å². The van der Waals surface area contributed by atoms with Crippen molar-refractivity contribution in [2.45, 2.75) is 6.54 Å². The molecule has 0 radical (unpaired) electrons. The van der Waals surface area contributed by atoms with Gasteiger partial charge in [-0.1, -0.05) is 30.9 Å². The maximum atomic E-state index is 5.48. The molecule has 1 N–H and O–H groups in total. The molecular weight excluding hydrogens is 162 g/mol. The van der Waals surface area contributed by atoms with Crippen LogP contribution in [0, 0.1) is 0 Å². The van der Waals surface area contributed by atoms with Gasteiger partial charge in [0.1, 0.15) is 12.4 Å². The molecule has 0 aromatic heterocycles. The Hall–Kier alpha value is -1.28. The summed E-state index contributed by atoms with van der Waals surface area (Å²) in [5.74, 6) is 0.928. The molecule has 0 saturated heterocycles. The van der Waals surface area contributed by atoms with Gasteiger partial charge in [0, 0.05) is 12.1 Å². The first kappa shape index (κ1) is 9.81. The second-order valence-electron chi connectivity index (χ2n) is 2.74. The van der Waals surface area contributed by atoms with E-state index in [0.29, 0.717) is 6.61 Å². The summed E-state index contributed by atoms with van der Waals surface area (Å²) in [7, 11) is 1.92. The van der Waals surface area contributed by atoms with Crippen molar-refractivity contribution in [2.75, 3.05) is 13.7 Å². The molecule has 0 heterocycles. The lowest BCUT2D eigenvalue weighted by atomic mass is 10.2. The molecule has 0 amide bonds. The Morgan fingerprint density at radius 3 is 2.92 bits per heavy atom. The van der Waals surface area contributed by atoms with Crippen molar-refractivity contribution in [3.8, 4) is 5.75 Å². The van der Waals surface area contributed by atoms with Gasteiger partial charge in [0.2, 0.25) is 0 Å². The van der Waals surface area contributed by atoms with Gasteiger partial charge in [-0.15, -0.1) is 0 Å². The molecule has 0 aliphatic heterocycles. The summed E-state index contributed by atoms with van der Waals surface area (Å²) < 4.78 is 5.48. The SMILES string of the molecule is C=CCOc1ccccc1CNC. The van der Waals surface area contributed by atoms with Crippen LogP contribution in [-0.4, -0.2) is 13.7 Å². The molecule has 70 valence electrons. The van der Waals surface area contributed by atoms with E-state index in [1.807, 2.05) is 25.2 Å². The maximum absolute atomic E-state index is 5.48. The van der Waals surface area contributed by atoms with Crippen molar-refractivity contribution in [2.24, 2.45) is 0 Å². The lowest BCUT2D eigenvalue weighted by molar-refractivity contribution is 0.358. The standard InChI is InChI=1S/C11H15NO/c1-3-8-13-11-7-5-4-6-10(11)9-12-2/h3-7,12H,1,8-9H2,2H3. The minimum Gasteiger partial charge on any atom is -0.489 e. The summed E-state index contributed by atoms with van der Waals surface area (Å²) in [5, 5.41) is 3.09. The highest BCUT2D eigenvalue weighted by atomic mass is 16.5. The van der Waals surface area contributed by atoms with E-state index < -0.39 is 0 Å². The molecule has 0 unspecified atom stereocenters. The molecule has 2 nitrogen and oxygen atoms in total. The molecule has 0 bridgehead atoms. The first-order chi connectivity index (χ1) is 6.38. The fourth-order valence-electron chi connectivity index (χ4n) is 1.13. The molecule has 0 saturated carbocycles. The van der Waals surface area contributed by atoms with Crippen LogP contribution in [0.15, 0.2) is 36.9 Å². The average molecular weight is 177 g/mol. The number of hydrogen-bond acceptors (Lipinski definition) is 2. The van der Waals surface area contributed by atoms with Gasteiger partial charge >= 0.3 is 0 Å². The number of para-hydroxylation sites is 1. The molecule has 2 heteroatoms. The lowest BCUT2D eigenvalue weighted by Crippen LogP contribution is -2.07. The predicted octanol–water partition coefficient (Wildman–Crippen LogP) is 1.97. The zero-order valence-corrected chi connectivity index (χ0v) is 7.92. The third kappa shape index (κ3) is 2.92. The topological polar surface area (TPSA) is 21.3 Å². The third-order valence-electron chi connectivity index (χ3n) is 1.70. The lowest BCUT2D eigenvalue weighted by Gasteiger charge is -2.08. The maximum Gasteiger partial charge on any atom is 0.124 e. The van der Waals surface area contributed by atoms with E-state index in [9.17, 15) is 0 Å². The first-order valence-corrected chi connectivity index (χ1v) is 4.34. The molecular formula is C11H15NO. The van der Waals surface area contributed by atoms with Crippen LogP contribution in [0.5, 0.6) is 5.75 Å². The largest absolute Gasteiger partial charge is 0.489 e. The molecule has 0 aliphatic carbocycles. The zero-order valence-electron chi connectivity index (χ0n) is 7.92. The van der Waals surface area contributed by atoms with Gasteiger partial charge in [-0.3, -0.25) is 0 Å². The number of rotatable bonds is 5. The molecule has 0 atom stereocenters. The van der Waals surface area contributed by atoms with E-state index in [2.05, 4.69) is 18.0 Å². The zero-order chi connectivity index (χ0) is 9.52. The number of nitrogens with one attached hydrogen (secondary N) is 1. The Balaban J connectivity index is 2.71. The van der Waals surface area contributed by atoms with Crippen molar-refractivity contribution in [1.29, 1.82) is 0 Å². The van der Waals surface area contributed by atoms with Crippen LogP contribution < -0.4 is 10.1 Å². The number of ether oxygens (including phenoxy) is 1. The summed E-state index contributed by atoms with van der Waals surface area (Å²) in [6.45, 7) is 4.99. The highest BCUT2D eigenvalue weighted by molar-refractivity contribution is 5.33. The highest BCUT2D eigenvalue weighted by Gasteiger charge is 1.99. The summed E-state index contributed by atoms with van der Waals surface area (Å²) in [4.78, 5) is 0. The Labute approximate surface area is 79.2 Å². The molecule has 0 fully saturated rings. The third-order valence-corrected chi connectivity index (χ3v) is 1.70. The van der Waals surface area contributed by atoms with Crippen LogP contribution in [0.1, 0.15) is 5.56 Å². The first-order valence-electron chi connectivity index (χ1n) is 4.34. The van der Waals surface area contributed by atoms with Gasteiger partial charge in [0.25, 0.3) is 0 Å². The fraction of sp³-hybridized carbons (Fsp3) is 0.273. The van der Waals surface area contributed by atoms with Gasteiger partial charge in [-0.2, -0.15) is 0 Å².